The van der Waals surface area contributed by atoms with Crippen LogP contribution >= 0.6 is 11.6 Å². The lowest BCUT2D eigenvalue weighted by Gasteiger charge is -2.30. The van der Waals surface area contributed by atoms with Crippen LogP contribution in [0.4, 0.5) is 5.69 Å². The molecule has 1 aromatic carbocycles. The van der Waals surface area contributed by atoms with Crippen LogP contribution in [0.15, 0.2) is 17.0 Å². The van der Waals surface area contributed by atoms with Crippen LogP contribution in [0.1, 0.15) is 18.4 Å². The van der Waals surface area contributed by atoms with Gasteiger partial charge in [0.1, 0.15) is 0 Å². The summed E-state index contributed by atoms with van der Waals surface area (Å²) < 4.78 is 26.8. The minimum Gasteiger partial charge on any atom is -0.398 e. The first-order valence-corrected chi connectivity index (χ1v) is 8.40. The predicted molar refractivity (Wildman–Crippen MR) is 81.3 cm³/mol. The second-order valence-corrected chi connectivity index (χ2v) is 7.57. The molecule has 1 atom stereocenters. The lowest BCUT2D eigenvalue weighted by atomic mass is 9.99. The van der Waals surface area contributed by atoms with Crippen molar-refractivity contribution in [1.29, 1.82) is 0 Å². The minimum absolute atomic E-state index is 0.0811. The van der Waals surface area contributed by atoms with Crippen molar-refractivity contribution in [3.05, 3.63) is 22.7 Å². The first-order valence-electron chi connectivity index (χ1n) is 6.58. The van der Waals surface area contributed by atoms with Gasteiger partial charge >= 0.3 is 0 Å². The molecule has 21 heavy (non-hydrogen) atoms. The maximum absolute atomic E-state index is 12.7. The summed E-state index contributed by atoms with van der Waals surface area (Å²) in [7, 11) is -3.74. The van der Waals surface area contributed by atoms with Crippen molar-refractivity contribution in [1.82, 2.24) is 4.31 Å². The summed E-state index contributed by atoms with van der Waals surface area (Å²) in [5, 5.41) is 0.264. The second-order valence-electron chi connectivity index (χ2n) is 5.22. The number of anilines is 1. The normalized spacial score (nSPS) is 20.4. The van der Waals surface area contributed by atoms with E-state index in [-0.39, 0.29) is 16.5 Å². The Hall–Kier alpha value is -1.31. The third kappa shape index (κ3) is 3.14. The molecule has 6 nitrogen and oxygen atoms in total. The van der Waals surface area contributed by atoms with Crippen LogP contribution in [-0.4, -0.2) is 31.7 Å². The summed E-state index contributed by atoms with van der Waals surface area (Å²) in [5.74, 6) is -0.928. The average molecular weight is 332 g/mol. The molecule has 1 amide bonds. The molecular weight excluding hydrogens is 314 g/mol. The van der Waals surface area contributed by atoms with Gasteiger partial charge < -0.3 is 11.5 Å². The molecule has 1 fully saturated rings. The van der Waals surface area contributed by atoms with Gasteiger partial charge in [0.25, 0.3) is 0 Å². The summed E-state index contributed by atoms with van der Waals surface area (Å²) in [6.07, 6.45) is 1.21. The number of nitrogens with two attached hydrogens (primary N) is 2. The van der Waals surface area contributed by atoms with E-state index in [4.69, 9.17) is 23.1 Å². The number of nitrogen functional groups attached to an aromatic ring is 1. The monoisotopic (exact) mass is 331 g/mol. The van der Waals surface area contributed by atoms with Gasteiger partial charge in [-0.05, 0) is 37.5 Å². The lowest BCUT2D eigenvalue weighted by Crippen LogP contribution is -2.44. The van der Waals surface area contributed by atoms with Gasteiger partial charge in [-0.3, -0.25) is 4.79 Å². The molecule has 0 aliphatic carbocycles. The standard InChI is InChI=1S/C13H18ClN3O3S/c1-8-11(15)5-10(14)6-12(8)21(19,20)17-4-2-3-9(7-17)13(16)18/h5-6,9H,2-4,7,15H2,1H3,(H2,16,18). The molecule has 1 saturated heterocycles. The highest BCUT2D eigenvalue weighted by atomic mass is 35.5. The van der Waals surface area contributed by atoms with Gasteiger partial charge in [0.2, 0.25) is 15.9 Å². The van der Waals surface area contributed by atoms with Crippen LogP contribution in [0.2, 0.25) is 5.02 Å². The van der Waals surface area contributed by atoms with Crippen molar-refractivity contribution in [3.63, 3.8) is 0 Å². The number of hydrogen-bond donors (Lipinski definition) is 2. The topological polar surface area (TPSA) is 106 Å². The van der Waals surface area contributed by atoms with Crippen molar-refractivity contribution in [2.75, 3.05) is 18.8 Å². The number of sulfonamides is 1. The molecule has 0 spiro atoms. The quantitative estimate of drug-likeness (QED) is 0.809. The molecule has 116 valence electrons. The Morgan fingerprint density at radius 3 is 2.71 bits per heavy atom. The zero-order valence-corrected chi connectivity index (χ0v) is 13.2. The Morgan fingerprint density at radius 2 is 2.10 bits per heavy atom. The van der Waals surface area contributed by atoms with E-state index in [2.05, 4.69) is 0 Å². The largest absolute Gasteiger partial charge is 0.398 e. The second kappa shape index (κ2) is 5.82. The van der Waals surface area contributed by atoms with E-state index < -0.39 is 21.8 Å². The Morgan fingerprint density at radius 1 is 1.43 bits per heavy atom. The molecule has 4 N–H and O–H groups in total. The van der Waals surface area contributed by atoms with Gasteiger partial charge in [-0.25, -0.2) is 8.42 Å². The maximum Gasteiger partial charge on any atom is 0.243 e. The molecule has 1 aromatic rings. The van der Waals surface area contributed by atoms with Crippen molar-refractivity contribution in [2.45, 2.75) is 24.7 Å². The number of nitrogens with zero attached hydrogens (tertiary/aromatic N) is 1. The van der Waals surface area contributed by atoms with Crippen LogP contribution in [0.3, 0.4) is 0 Å². The van der Waals surface area contributed by atoms with Crippen LogP contribution in [-0.2, 0) is 14.8 Å². The van der Waals surface area contributed by atoms with E-state index in [1.54, 1.807) is 6.92 Å². The van der Waals surface area contributed by atoms with Crippen LogP contribution < -0.4 is 11.5 Å². The predicted octanol–water partition coefficient (Wildman–Crippen LogP) is 1.12. The van der Waals surface area contributed by atoms with E-state index in [0.29, 0.717) is 30.6 Å². The van der Waals surface area contributed by atoms with E-state index in [1.807, 2.05) is 0 Å². The third-order valence-corrected chi connectivity index (χ3v) is 5.98. The molecule has 0 bridgehead atoms. The lowest BCUT2D eigenvalue weighted by molar-refractivity contribution is -0.122. The van der Waals surface area contributed by atoms with Crippen LogP contribution in [0.25, 0.3) is 0 Å². The Labute approximate surface area is 129 Å². The van der Waals surface area contributed by atoms with E-state index in [9.17, 15) is 13.2 Å². The SMILES string of the molecule is Cc1c(N)cc(Cl)cc1S(=O)(=O)N1CCCC(C(N)=O)C1. The first kappa shape index (κ1) is 16.1. The van der Waals surface area contributed by atoms with Crippen LogP contribution in [0.5, 0.6) is 0 Å². The minimum atomic E-state index is -3.74. The molecule has 1 unspecified atom stereocenters. The molecule has 1 aliphatic rings. The smallest absolute Gasteiger partial charge is 0.243 e. The Kier molecular flexibility index (Phi) is 4.46. The highest BCUT2D eigenvalue weighted by Crippen LogP contribution is 2.30. The summed E-state index contributed by atoms with van der Waals surface area (Å²) >= 11 is 5.91. The van der Waals surface area contributed by atoms with Crippen molar-refractivity contribution in [3.8, 4) is 0 Å². The van der Waals surface area contributed by atoms with Crippen molar-refractivity contribution < 1.29 is 13.2 Å². The number of piperidine rings is 1. The summed E-state index contributed by atoms with van der Waals surface area (Å²) in [5.41, 5.74) is 11.9. The van der Waals surface area contributed by atoms with Crippen molar-refractivity contribution in [2.24, 2.45) is 11.7 Å². The van der Waals surface area contributed by atoms with Gasteiger partial charge in [0, 0.05) is 23.8 Å². The first-order chi connectivity index (χ1) is 9.73. The fourth-order valence-corrected chi connectivity index (χ4v) is 4.57. The molecule has 1 heterocycles. The zero-order chi connectivity index (χ0) is 15.8. The molecule has 1 aliphatic heterocycles. The molecule has 2 rings (SSSR count). The van der Waals surface area contributed by atoms with E-state index >= 15 is 0 Å². The summed E-state index contributed by atoms with van der Waals surface area (Å²) in [6.45, 7) is 2.09. The molecule has 0 radical (unpaired) electrons. The van der Waals surface area contributed by atoms with Gasteiger partial charge in [0.05, 0.1) is 10.8 Å². The fourth-order valence-electron chi connectivity index (χ4n) is 2.47. The van der Waals surface area contributed by atoms with E-state index in [1.165, 1.54) is 16.4 Å². The number of carbonyl (C=O) groups excluding carboxylic acids is 1. The molecule has 0 saturated carbocycles. The number of halogens is 1. The van der Waals surface area contributed by atoms with Gasteiger partial charge in [0.15, 0.2) is 0 Å². The Balaban J connectivity index is 2.40. The summed E-state index contributed by atoms with van der Waals surface area (Å²) in [4.78, 5) is 11.4. The maximum atomic E-state index is 12.7. The number of hydrogen-bond acceptors (Lipinski definition) is 4. The Bertz CT molecular complexity index is 675. The summed E-state index contributed by atoms with van der Waals surface area (Å²) in [6, 6.07) is 2.90. The number of amides is 1. The van der Waals surface area contributed by atoms with Gasteiger partial charge in [-0.15, -0.1) is 0 Å². The average Bonchev–Trinajstić information content (AvgIpc) is 2.42. The number of primary amides is 1. The van der Waals surface area contributed by atoms with Crippen molar-refractivity contribution >= 4 is 33.2 Å². The number of rotatable bonds is 3. The highest BCUT2D eigenvalue weighted by Gasteiger charge is 2.33. The molecule has 8 heteroatoms. The van der Waals surface area contributed by atoms with Crippen LogP contribution in [0, 0.1) is 12.8 Å². The zero-order valence-electron chi connectivity index (χ0n) is 11.7. The molecule has 0 aromatic heterocycles. The highest BCUT2D eigenvalue weighted by molar-refractivity contribution is 7.89. The van der Waals surface area contributed by atoms with E-state index in [0.717, 1.165) is 0 Å². The number of benzene rings is 1. The van der Waals surface area contributed by atoms with Gasteiger partial charge in [-0.2, -0.15) is 4.31 Å². The van der Waals surface area contributed by atoms with Gasteiger partial charge in [-0.1, -0.05) is 11.6 Å². The fraction of sp³-hybridized carbons (Fsp3) is 0.462. The number of carbonyl (C=O) groups is 1. The molecular formula is C13H18ClN3O3S. The third-order valence-electron chi connectivity index (χ3n) is 3.77.